The number of aryl methyl sites for hydroxylation is 1. The van der Waals surface area contributed by atoms with Gasteiger partial charge >= 0.3 is 5.97 Å². The zero-order chi connectivity index (χ0) is 20.6. The van der Waals surface area contributed by atoms with E-state index in [9.17, 15) is 9.59 Å². The van der Waals surface area contributed by atoms with Crippen LogP contribution < -0.4 is 10.2 Å². The zero-order valence-electron chi connectivity index (χ0n) is 16.0. The Balaban J connectivity index is 1.57. The van der Waals surface area contributed by atoms with Gasteiger partial charge in [0.15, 0.2) is 0 Å². The summed E-state index contributed by atoms with van der Waals surface area (Å²) in [6.45, 7) is 1.90. The van der Waals surface area contributed by atoms with Crippen molar-refractivity contribution in [3.05, 3.63) is 89.5 Å². The van der Waals surface area contributed by atoms with Crippen LogP contribution in [0.3, 0.4) is 0 Å². The van der Waals surface area contributed by atoms with Gasteiger partial charge in [0.2, 0.25) is 0 Å². The molecule has 0 aromatic heterocycles. The first kappa shape index (κ1) is 19.8. The molecule has 0 aliphatic rings. The van der Waals surface area contributed by atoms with E-state index >= 15 is 0 Å². The monoisotopic (exact) mass is 389 g/mol. The van der Waals surface area contributed by atoms with Crippen LogP contribution in [0.4, 0.5) is 11.4 Å². The highest BCUT2D eigenvalue weighted by atomic mass is 16.7. The van der Waals surface area contributed by atoms with Gasteiger partial charge in [0.1, 0.15) is 5.75 Å². The van der Waals surface area contributed by atoms with E-state index in [1.807, 2.05) is 13.0 Å². The van der Waals surface area contributed by atoms with Gasteiger partial charge in [-0.1, -0.05) is 23.8 Å². The predicted octanol–water partition coefficient (Wildman–Crippen LogP) is 5.11. The Morgan fingerprint density at radius 2 is 1.62 bits per heavy atom. The third kappa shape index (κ3) is 5.49. The third-order valence-corrected chi connectivity index (χ3v) is 3.96. The minimum atomic E-state index is -0.485. The number of carbonyl (C=O) groups is 2. The zero-order valence-corrected chi connectivity index (χ0v) is 16.0. The first-order valence-corrected chi connectivity index (χ1v) is 8.79. The number of benzene rings is 3. The molecule has 0 radical (unpaired) electrons. The highest BCUT2D eigenvalue weighted by molar-refractivity contribution is 5.95. The average Bonchev–Trinajstić information content (AvgIpc) is 2.76. The lowest BCUT2D eigenvalue weighted by molar-refractivity contribution is 0.0596. The van der Waals surface area contributed by atoms with E-state index in [-0.39, 0.29) is 0 Å². The fraction of sp³-hybridized carbons (Fsp3) is 0.0909. The maximum absolute atomic E-state index is 12.1. The molecule has 0 aliphatic heterocycles. The molecule has 0 spiro atoms. The maximum Gasteiger partial charge on any atom is 0.362 e. The molecule has 29 heavy (non-hydrogen) atoms. The van der Waals surface area contributed by atoms with Gasteiger partial charge in [0, 0.05) is 5.56 Å². The molecule has 0 atom stereocenters. The molecule has 0 saturated heterocycles. The van der Waals surface area contributed by atoms with Crippen LogP contribution >= 0.6 is 0 Å². The second-order valence-corrected chi connectivity index (χ2v) is 6.15. The summed E-state index contributed by atoms with van der Waals surface area (Å²) in [5, 5.41) is 7.65. The number of anilines is 1. The minimum Gasteiger partial charge on any atom is -0.497 e. The van der Waals surface area contributed by atoms with E-state index in [0.717, 1.165) is 5.56 Å². The van der Waals surface area contributed by atoms with Gasteiger partial charge in [-0.3, -0.25) is 4.79 Å². The second kappa shape index (κ2) is 9.27. The lowest BCUT2D eigenvalue weighted by Crippen LogP contribution is -2.10. The minimum absolute atomic E-state index is 0.384. The van der Waals surface area contributed by atoms with E-state index in [0.29, 0.717) is 28.3 Å². The smallest absolute Gasteiger partial charge is 0.362 e. The summed E-state index contributed by atoms with van der Waals surface area (Å²) < 4.78 is 5.09. The Kier molecular flexibility index (Phi) is 6.32. The van der Waals surface area contributed by atoms with Gasteiger partial charge in [-0.25, -0.2) is 10.3 Å². The lowest BCUT2D eigenvalue weighted by atomic mass is 10.1. The number of rotatable bonds is 6. The van der Waals surface area contributed by atoms with Crippen LogP contribution in [0.25, 0.3) is 0 Å². The van der Waals surface area contributed by atoms with E-state index in [1.54, 1.807) is 66.7 Å². The van der Waals surface area contributed by atoms with Crippen molar-refractivity contribution < 1.29 is 19.2 Å². The molecule has 0 saturated carbocycles. The first-order valence-electron chi connectivity index (χ1n) is 8.79. The number of carbonyl (C=O) groups excluding carboxylic acids is 2. The standard InChI is InChI=1S/C22H19N3O4/c1-15-5-3-7-17(13-15)22(27)29-25-19-11-9-18(10-12-19)23-24-21(26)16-6-4-8-20(14-16)28-2/h3-14,25H,1-2H3. The van der Waals surface area contributed by atoms with Gasteiger partial charge < -0.3 is 9.57 Å². The molecule has 7 heteroatoms. The van der Waals surface area contributed by atoms with Crippen LogP contribution in [-0.2, 0) is 4.84 Å². The summed E-state index contributed by atoms with van der Waals surface area (Å²) in [4.78, 5) is 29.2. The molecule has 0 aliphatic carbocycles. The van der Waals surface area contributed by atoms with Crippen LogP contribution in [0.1, 0.15) is 26.3 Å². The number of hydrogen-bond acceptors (Lipinski definition) is 6. The predicted molar refractivity (Wildman–Crippen MR) is 108 cm³/mol. The van der Waals surface area contributed by atoms with Gasteiger partial charge in [-0.2, -0.15) is 0 Å². The van der Waals surface area contributed by atoms with E-state index in [1.165, 1.54) is 7.11 Å². The Labute approximate surface area is 168 Å². The van der Waals surface area contributed by atoms with Crippen LogP contribution in [0.2, 0.25) is 0 Å². The largest absolute Gasteiger partial charge is 0.497 e. The summed E-state index contributed by atoms with van der Waals surface area (Å²) in [5.74, 6) is -0.388. The Morgan fingerprint density at radius 3 is 2.34 bits per heavy atom. The molecule has 1 N–H and O–H groups in total. The van der Waals surface area contributed by atoms with Crippen molar-refractivity contribution in [1.82, 2.24) is 0 Å². The normalized spacial score (nSPS) is 10.6. The van der Waals surface area contributed by atoms with Crippen molar-refractivity contribution in [2.24, 2.45) is 10.2 Å². The summed E-state index contributed by atoms with van der Waals surface area (Å²) >= 11 is 0. The number of azo groups is 1. The van der Waals surface area contributed by atoms with E-state index < -0.39 is 11.9 Å². The molecule has 0 heterocycles. The summed E-state index contributed by atoms with van der Waals surface area (Å²) in [6.07, 6.45) is 0. The molecular weight excluding hydrogens is 370 g/mol. The maximum atomic E-state index is 12.1. The van der Waals surface area contributed by atoms with E-state index in [2.05, 4.69) is 15.7 Å². The molecule has 146 valence electrons. The van der Waals surface area contributed by atoms with Gasteiger partial charge in [0.25, 0.3) is 5.91 Å². The molecule has 3 aromatic carbocycles. The fourth-order valence-corrected chi connectivity index (χ4v) is 2.45. The second-order valence-electron chi connectivity index (χ2n) is 6.15. The van der Waals surface area contributed by atoms with E-state index in [4.69, 9.17) is 9.57 Å². The number of ether oxygens (including phenoxy) is 1. The number of nitrogens with one attached hydrogen (secondary N) is 1. The topological polar surface area (TPSA) is 89.3 Å². The number of nitrogens with zero attached hydrogens (tertiary/aromatic N) is 2. The van der Waals surface area contributed by atoms with Crippen molar-refractivity contribution >= 4 is 23.3 Å². The third-order valence-electron chi connectivity index (χ3n) is 3.96. The Bertz CT molecular complexity index is 1050. The highest BCUT2D eigenvalue weighted by Gasteiger charge is 2.08. The average molecular weight is 389 g/mol. The molecule has 0 unspecified atom stereocenters. The molecule has 3 rings (SSSR count). The number of methoxy groups -OCH3 is 1. The molecule has 0 bridgehead atoms. The summed E-state index contributed by atoms with van der Waals surface area (Å²) in [6, 6.07) is 20.4. The van der Waals surface area contributed by atoms with Crippen molar-refractivity contribution in [3.8, 4) is 5.75 Å². The summed E-state index contributed by atoms with van der Waals surface area (Å²) in [5.41, 5.74) is 5.44. The SMILES string of the molecule is COc1cccc(C(=O)N=Nc2ccc(NOC(=O)c3cccc(C)c3)cc2)c1. The van der Waals surface area contributed by atoms with Crippen LogP contribution in [0, 0.1) is 6.92 Å². The van der Waals surface area contributed by atoms with Crippen molar-refractivity contribution in [2.75, 3.05) is 12.6 Å². The molecular formula is C22H19N3O4. The van der Waals surface area contributed by atoms with Crippen molar-refractivity contribution in [1.29, 1.82) is 0 Å². The molecule has 1 amide bonds. The van der Waals surface area contributed by atoms with Gasteiger partial charge in [0.05, 0.1) is 24.0 Å². The van der Waals surface area contributed by atoms with Gasteiger partial charge in [-0.15, -0.1) is 10.2 Å². The van der Waals surface area contributed by atoms with Crippen LogP contribution in [0.5, 0.6) is 5.75 Å². The summed E-state index contributed by atoms with van der Waals surface area (Å²) in [7, 11) is 1.53. The van der Waals surface area contributed by atoms with Crippen LogP contribution in [0.15, 0.2) is 83.0 Å². The molecule has 7 nitrogen and oxygen atoms in total. The Morgan fingerprint density at radius 1 is 0.897 bits per heavy atom. The van der Waals surface area contributed by atoms with Gasteiger partial charge in [-0.05, 0) is 61.5 Å². The lowest BCUT2D eigenvalue weighted by Gasteiger charge is -2.07. The van der Waals surface area contributed by atoms with Crippen molar-refractivity contribution in [2.45, 2.75) is 6.92 Å². The fourth-order valence-electron chi connectivity index (χ4n) is 2.45. The first-order chi connectivity index (χ1) is 14.0. The highest BCUT2D eigenvalue weighted by Crippen LogP contribution is 2.19. The van der Waals surface area contributed by atoms with Crippen molar-refractivity contribution in [3.63, 3.8) is 0 Å². The van der Waals surface area contributed by atoms with Crippen LogP contribution in [-0.4, -0.2) is 19.0 Å². The quantitative estimate of drug-likeness (QED) is 0.467. The number of amides is 1. The molecule has 3 aromatic rings. The Hall–Kier alpha value is -4.00. The molecule has 0 fully saturated rings. The number of hydrogen-bond donors (Lipinski definition) is 1.